The van der Waals surface area contributed by atoms with Crippen molar-refractivity contribution in [2.75, 3.05) is 19.5 Å². The molecule has 0 amide bonds. The SMILES string of the molecule is CS(=O)(=O)OCC(F)(F)F.O=S(=O)(OCC(F)(F)F)C(Br)(Br)Br. The highest BCUT2D eigenvalue weighted by atomic mass is 80.0. The van der Waals surface area contributed by atoms with Crippen LogP contribution in [0.3, 0.4) is 0 Å². The van der Waals surface area contributed by atoms with Crippen LogP contribution in [0.25, 0.3) is 0 Å². The summed E-state index contributed by atoms with van der Waals surface area (Å²) in [6, 6.07) is 0. The lowest BCUT2D eigenvalue weighted by Gasteiger charge is -2.14. The Morgan fingerprint density at radius 1 is 0.783 bits per heavy atom. The van der Waals surface area contributed by atoms with E-state index < -0.39 is 47.3 Å². The van der Waals surface area contributed by atoms with Crippen LogP contribution in [0.2, 0.25) is 0 Å². The van der Waals surface area contributed by atoms with E-state index in [9.17, 15) is 43.2 Å². The second kappa shape index (κ2) is 8.98. The zero-order valence-electron chi connectivity index (χ0n) is 10.6. The van der Waals surface area contributed by atoms with Gasteiger partial charge in [-0.3, -0.25) is 8.37 Å². The van der Waals surface area contributed by atoms with Gasteiger partial charge in [0.05, 0.1) is 6.26 Å². The van der Waals surface area contributed by atoms with Gasteiger partial charge in [-0.15, -0.1) is 0 Å². The van der Waals surface area contributed by atoms with Gasteiger partial charge in [-0.25, -0.2) is 0 Å². The summed E-state index contributed by atoms with van der Waals surface area (Å²) in [5.41, 5.74) is 0. The van der Waals surface area contributed by atoms with Crippen molar-refractivity contribution < 1.29 is 51.5 Å². The summed E-state index contributed by atoms with van der Waals surface area (Å²) in [6.45, 7) is -3.62. The van der Waals surface area contributed by atoms with E-state index in [1.165, 1.54) is 0 Å². The Balaban J connectivity index is 0. The monoisotopic (exact) mass is 590 g/mol. The van der Waals surface area contributed by atoms with Crippen LogP contribution < -0.4 is 0 Å². The minimum atomic E-state index is -4.69. The zero-order valence-corrected chi connectivity index (χ0v) is 17.0. The van der Waals surface area contributed by atoms with Gasteiger partial charge in [0, 0.05) is 0 Å². The lowest BCUT2D eigenvalue weighted by Crippen LogP contribution is -2.26. The summed E-state index contributed by atoms with van der Waals surface area (Å²) < 4.78 is 115. The van der Waals surface area contributed by atoms with Crippen molar-refractivity contribution in [3.05, 3.63) is 0 Å². The predicted molar refractivity (Wildman–Crippen MR) is 77.3 cm³/mol. The fraction of sp³-hybridized carbons (Fsp3) is 1.00. The molecule has 17 heteroatoms. The molecule has 0 aliphatic rings. The molecule has 0 aromatic heterocycles. The molecule has 0 atom stereocenters. The van der Waals surface area contributed by atoms with Crippen molar-refractivity contribution in [3.8, 4) is 0 Å². The zero-order chi connectivity index (χ0) is 19.3. The number of halogens is 9. The maximum Gasteiger partial charge on any atom is 0.413 e. The van der Waals surface area contributed by atoms with Crippen molar-refractivity contribution in [2.45, 2.75) is 13.8 Å². The molecule has 0 radical (unpaired) electrons. The fourth-order valence-corrected chi connectivity index (χ4v) is 2.00. The van der Waals surface area contributed by atoms with Crippen LogP contribution in [-0.2, 0) is 28.6 Å². The van der Waals surface area contributed by atoms with Crippen molar-refractivity contribution in [3.63, 3.8) is 0 Å². The first-order valence-electron chi connectivity index (χ1n) is 4.60. The molecule has 0 saturated heterocycles. The molecule has 0 rings (SSSR count). The van der Waals surface area contributed by atoms with Gasteiger partial charge in [-0.2, -0.15) is 43.2 Å². The van der Waals surface area contributed by atoms with Gasteiger partial charge in [0.2, 0.25) is 0 Å². The molecule has 0 unspecified atom stereocenters. The van der Waals surface area contributed by atoms with Crippen molar-refractivity contribution in [1.82, 2.24) is 0 Å². The molecule has 0 N–H and O–H groups in total. The summed E-state index contributed by atoms with van der Waals surface area (Å²) in [5, 5.41) is 0. The average Bonchev–Trinajstić information content (AvgIpc) is 2.20. The third-order valence-corrected chi connectivity index (χ3v) is 6.21. The summed E-state index contributed by atoms with van der Waals surface area (Å²) in [4.78, 5) is 0. The summed E-state index contributed by atoms with van der Waals surface area (Å²) in [6.07, 6.45) is -8.73. The molecular weight excluding hydrogens is 586 g/mol. The maximum atomic E-state index is 11.5. The van der Waals surface area contributed by atoms with Gasteiger partial charge in [-0.05, 0) is 47.8 Å². The molecule has 0 fully saturated rings. The molecular formula is C6H7Br3F6O6S2. The highest BCUT2D eigenvalue weighted by Crippen LogP contribution is 2.40. The quantitative estimate of drug-likeness (QED) is 0.283. The van der Waals surface area contributed by atoms with Crippen LogP contribution in [0.1, 0.15) is 0 Å². The second-order valence-corrected chi connectivity index (χ2v) is 15.1. The van der Waals surface area contributed by atoms with Crippen LogP contribution in [0, 0.1) is 0 Å². The van der Waals surface area contributed by atoms with Gasteiger partial charge in [-0.1, -0.05) is 0 Å². The molecule has 0 saturated carbocycles. The Morgan fingerprint density at radius 2 is 1.09 bits per heavy atom. The van der Waals surface area contributed by atoms with Crippen LogP contribution in [-0.4, -0.2) is 50.1 Å². The van der Waals surface area contributed by atoms with Crippen molar-refractivity contribution in [1.29, 1.82) is 0 Å². The lowest BCUT2D eigenvalue weighted by molar-refractivity contribution is -0.153. The molecule has 0 aliphatic carbocycles. The molecule has 0 aliphatic heterocycles. The molecule has 0 aromatic rings. The van der Waals surface area contributed by atoms with Crippen molar-refractivity contribution in [2.24, 2.45) is 0 Å². The summed E-state index contributed by atoms with van der Waals surface area (Å²) in [5.74, 6) is 0. The van der Waals surface area contributed by atoms with Gasteiger partial charge in [0.15, 0.2) is 13.2 Å². The van der Waals surface area contributed by atoms with Crippen LogP contribution in [0.4, 0.5) is 26.3 Å². The minimum absolute atomic E-state index is 0.554. The number of rotatable bonds is 4. The normalized spacial score (nSPS) is 14.2. The Kier molecular flexibility index (Phi) is 10.2. The Hall–Kier alpha value is 0.840. The van der Waals surface area contributed by atoms with Crippen molar-refractivity contribution >= 4 is 68.0 Å². The molecule has 0 heterocycles. The highest BCUT2D eigenvalue weighted by Gasteiger charge is 2.40. The van der Waals surface area contributed by atoms with Gasteiger partial charge in [0.25, 0.3) is 11.6 Å². The molecule has 23 heavy (non-hydrogen) atoms. The second-order valence-electron chi connectivity index (χ2n) is 3.36. The highest BCUT2D eigenvalue weighted by molar-refractivity contribution is 9.42. The molecule has 142 valence electrons. The van der Waals surface area contributed by atoms with Crippen LogP contribution in [0.5, 0.6) is 0 Å². The molecule has 0 bridgehead atoms. The maximum absolute atomic E-state index is 11.5. The summed E-state index contributed by atoms with van der Waals surface area (Å²) in [7, 11) is -8.38. The number of hydrogen-bond acceptors (Lipinski definition) is 6. The van der Waals surface area contributed by atoms with E-state index in [1.54, 1.807) is 0 Å². The largest absolute Gasteiger partial charge is 0.413 e. The van der Waals surface area contributed by atoms with Gasteiger partial charge in [0.1, 0.15) is 0 Å². The summed E-state index contributed by atoms with van der Waals surface area (Å²) >= 11 is 7.56. The van der Waals surface area contributed by atoms with E-state index in [1.807, 2.05) is 0 Å². The third kappa shape index (κ3) is 17.5. The smallest absolute Gasteiger partial charge is 0.261 e. The van der Waals surface area contributed by atoms with E-state index in [-0.39, 0.29) is 0 Å². The van der Waals surface area contributed by atoms with E-state index in [2.05, 4.69) is 56.2 Å². The third-order valence-electron chi connectivity index (χ3n) is 1.10. The van der Waals surface area contributed by atoms with E-state index in [4.69, 9.17) is 0 Å². The predicted octanol–water partition coefficient (Wildman–Crippen LogP) is 3.22. The van der Waals surface area contributed by atoms with E-state index in [0.29, 0.717) is 6.26 Å². The van der Waals surface area contributed by atoms with Gasteiger partial charge < -0.3 is 0 Å². The molecule has 0 spiro atoms. The first-order chi connectivity index (χ1) is 9.66. The Bertz CT molecular complexity index is 563. The van der Waals surface area contributed by atoms with Crippen LogP contribution >= 0.6 is 47.8 Å². The topological polar surface area (TPSA) is 86.7 Å². The Morgan fingerprint density at radius 3 is 1.26 bits per heavy atom. The number of hydrogen-bond donors (Lipinski definition) is 0. The Labute approximate surface area is 152 Å². The fourth-order valence-electron chi connectivity index (χ4n) is 0.385. The number of alkyl halides is 9. The minimum Gasteiger partial charge on any atom is -0.261 e. The molecule has 0 aromatic carbocycles. The first kappa shape index (κ1) is 26.1. The lowest BCUT2D eigenvalue weighted by atomic mass is 10.7. The first-order valence-corrected chi connectivity index (χ1v) is 10.2. The van der Waals surface area contributed by atoms with Gasteiger partial charge >= 0.3 is 22.5 Å². The van der Waals surface area contributed by atoms with Crippen LogP contribution in [0.15, 0.2) is 0 Å². The van der Waals surface area contributed by atoms with E-state index in [0.717, 1.165) is 0 Å². The standard InChI is InChI=1S/C3H2Br3F3O3S.C3H5F3O3S/c4-3(5,6)13(10,11)12-1-2(7,8)9;1-10(7,8)9-2-3(4,5)6/h1H2;2H2,1H3. The average molecular weight is 593 g/mol. The van der Waals surface area contributed by atoms with E-state index >= 15 is 0 Å². The molecule has 6 nitrogen and oxygen atoms in total.